The molecule has 0 bridgehead atoms. The van der Waals surface area contributed by atoms with E-state index >= 15 is 0 Å². The third-order valence-corrected chi connectivity index (χ3v) is 4.49. The van der Waals surface area contributed by atoms with Crippen LogP contribution in [0.5, 0.6) is 0 Å². The standard InChI is InChI=1S/C11H5BrClF3IN/c1-4-8(13)7-6(17)3-2-5(12)9(7)18-10(4)11(14,15)16/h2-3H,1H3. The van der Waals surface area contributed by atoms with Crippen LogP contribution in [0.15, 0.2) is 16.6 Å². The SMILES string of the molecule is Cc1c(C(F)(F)F)nc2c(Br)ccc(I)c2c1Cl. The van der Waals surface area contributed by atoms with Crippen molar-refractivity contribution in [3.05, 3.63) is 36.5 Å². The Bertz CT molecular complexity index is 642. The lowest BCUT2D eigenvalue weighted by Gasteiger charge is -2.14. The number of rotatable bonds is 0. The minimum Gasteiger partial charge on any atom is -0.242 e. The van der Waals surface area contributed by atoms with Gasteiger partial charge in [-0.15, -0.1) is 0 Å². The van der Waals surface area contributed by atoms with Crippen molar-refractivity contribution >= 4 is 61.0 Å². The highest BCUT2D eigenvalue weighted by Crippen LogP contribution is 2.39. The summed E-state index contributed by atoms with van der Waals surface area (Å²) in [6.45, 7) is 1.33. The maximum atomic E-state index is 12.9. The van der Waals surface area contributed by atoms with Gasteiger partial charge < -0.3 is 0 Å². The molecule has 0 saturated heterocycles. The van der Waals surface area contributed by atoms with E-state index in [1.165, 1.54) is 6.92 Å². The molecule has 0 aliphatic carbocycles. The zero-order valence-electron chi connectivity index (χ0n) is 8.87. The van der Waals surface area contributed by atoms with E-state index in [0.717, 1.165) is 3.57 Å². The Kier molecular flexibility index (Phi) is 3.81. The van der Waals surface area contributed by atoms with Gasteiger partial charge in [0.05, 0.1) is 10.5 Å². The minimum atomic E-state index is -4.51. The Morgan fingerprint density at radius 3 is 2.50 bits per heavy atom. The molecule has 1 heterocycles. The Hall–Kier alpha value is -0.0800. The first-order valence-corrected chi connectivity index (χ1v) is 6.99. The zero-order chi connectivity index (χ0) is 13.7. The number of aromatic nitrogens is 1. The van der Waals surface area contributed by atoms with Crippen LogP contribution in [0.1, 0.15) is 11.3 Å². The molecule has 1 aromatic heterocycles. The highest BCUT2D eigenvalue weighted by atomic mass is 127. The van der Waals surface area contributed by atoms with E-state index in [4.69, 9.17) is 11.6 Å². The lowest BCUT2D eigenvalue weighted by Crippen LogP contribution is -2.11. The van der Waals surface area contributed by atoms with Crippen molar-refractivity contribution in [3.8, 4) is 0 Å². The number of nitrogens with zero attached hydrogens (tertiary/aromatic N) is 1. The molecule has 18 heavy (non-hydrogen) atoms. The fraction of sp³-hybridized carbons (Fsp3) is 0.182. The Morgan fingerprint density at radius 1 is 1.33 bits per heavy atom. The average Bonchev–Trinajstić information content (AvgIpc) is 2.26. The second-order valence-corrected chi connectivity index (χ2v) is 6.04. The fourth-order valence-electron chi connectivity index (χ4n) is 1.62. The van der Waals surface area contributed by atoms with Crippen LogP contribution in [0.2, 0.25) is 5.02 Å². The summed E-state index contributed by atoms with van der Waals surface area (Å²) in [5.41, 5.74) is -0.764. The number of benzene rings is 1. The Labute approximate surface area is 128 Å². The maximum Gasteiger partial charge on any atom is 0.433 e. The van der Waals surface area contributed by atoms with E-state index in [9.17, 15) is 13.2 Å². The topological polar surface area (TPSA) is 12.9 Å². The molecule has 0 aliphatic heterocycles. The van der Waals surface area contributed by atoms with Gasteiger partial charge in [-0.2, -0.15) is 13.2 Å². The second kappa shape index (κ2) is 4.79. The van der Waals surface area contributed by atoms with Gasteiger partial charge in [0.2, 0.25) is 0 Å². The third-order valence-electron chi connectivity index (χ3n) is 2.47. The zero-order valence-corrected chi connectivity index (χ0v) is 13.4. The average molecular weight is 450 g/mol. The van der Waals surface area contributed by atoms with E-state index in [1.54, 1.807) is 12.1 Å². The summed E-state index contributed by atoms with van der Waals surface area (Å²) in [4.78, 5) is 3.71. The first-order valence-electron chi connectivity index (χ1n) is 4.74. The molecular formula is C11H5BrClF3IN. The molecule has 0 radical (unpaired) electrons. The van der Waals surface area contributed by atoms with E-state index in [-0.39, 0.29) is 16.1 Å². The summed E-state index contributed by atoms with van der Waals surface area (Å²) in [5.74, 6) is 0. The number of pyridine rings is 1. The number of fused-ring (bicyclic) bond motifs is 1. The highest BCUT2D eigenvalue weighted by molar-refractivity contribution is 14.1. The van der Waals surface area contributed by atoms with Crippen LogP contribution in [0.3, 0.4) is 0 Å². The number of hydrogen-bond donors (Lipinski definition) is 0. The predicted molar refractivity (Wildman–Crippen MR) is 76.9 cm³/mol. The second-order valence-electron chi connectivity index (χ2n) is 3.65. The van der Waals surface area contributed by atoms with E-state index in [0.29, 0.717) is 9.86 Å². The van der Waals surface area contributed by atoms with Crippen molar-refractivity contribution in [1.29, 1.82) is 0 Å². The molecular weight excluding hydrogens is 445 g/mol. The Morgan fingerprint density at radius 2 is 1.94 bits per heavy atom. The normalized spacial score (nSPS) is 12.2. The van der Waals surface area contributed by atoms with Crippen LogP contribution in [0.4, 0.5) is 13.2 Å². The molecule has 0 atom stereocenters. The van der Waals surface area contributed by atoms with Gasteiger partial charge >= 0.3 is 6.18 Å². The largest absolute Gasteiger partial charge is 0.433 e. The minimum absolute atomic E-state index is 0.0484. The molecule has 2 rings (SSSR count). The number of halogens is 6. The van der Waals surface area contributed by atoms with E-state index in [1.807, 2.05) is 22.6 Å². The molecule has 0 spiro atoms. The molecule has 0 amide bonds. The van der Waals surface area contributed by atoms with E-state index in [2.05, 4.69) is 20.9 Å². The quantitative estimate of drug-likeness (QED) is 0.478. The van der Waals surface area contributed by atoms with Crippen LogP contribution in [0.25, 0.3) is 10.9 Å². The van der Waals surface area contributed by atoms with Crippen LogP contribution in [-0.2, 0) is 6.18 Å². The molecule has 0 N–H and O–H groups in total. The summed E-state index contributed by atoms with van der Waals surface area (Å²) < 4.78 is 39.8. The van der Waals surface area contributed by atoms with Gasteiger partial charge in [0.15, 0.2) is 0 Å². The smallest absolute Gasteiger partial charge is 0.242 e. The van der Waals surface area contributed by atoms with Gasteiger partial charge in [-0.05, 0) is 63.1 Å². The van der Waals surface area contributed by atoms with Crippen molar-refractivity contribution in [1.82, 2.24) is 4.98 Å². The van der Waals surface area contributed by atoms with Crippen LogP contribution < -0.4 is 0 Å². The van der Waals surface area contributed by atoms with Gasteiger partial charge in [0, 0.05) is 13.4 Å². The van der Waals surface area contributed by atoms with Crippen LogP contribution in [0, 0.1) is 10.5 Å². The van der Waals surface area contributed by atoms with Crippen molar-refractivity contribution < 1.29 is 13.2 Å². The first kappa shape index (κ1) is 14.3. The molecule has 96 valence electrons. The number of hydrogen-bond acceptors (Lipinski definition) is 1. The summed E-state index contributed by atoms with van der Waals surface area (Å²) in [6.07, 6.45) is -4.51. The number of alkyl halides is 3. The van der Waals surface area contributed by atoms with Gasteiger partial charge in [0.1, 0.15) is 5.69 Å². The summed E-state index contributed by atoms with van der Waals surface area (Å²) in [5, 5.41) is 0.634. The molecule has 0 saturated carbocycles. The van der Waals surface area contributed by atoms with Crippen LogP contribution >= 0.6 is 50.1 Å². The van der Waals surface area contributed by atoms with Gasteiger partial charge in [-0.1, -0.05) is 11.6 Å². The molecule has 0 aliphatic rings. The van der Waals surface area contributed by atoms with Crippen molar-refractivity contribution in [2.24, 2.45) is 0 Å². The third kappa shape index (κ3) is 2.34. The highest BCUT2D eigenvalue weighted by Gasteiger charge is 2.36. The molecule has 1 nitrogen and oxygen atoms in total. The lowest BCUT2D eigenvalue weighted by atomic mass is 10.1. The van der Waals surface area contributed by atoms with Crippen molar-refractivity contribution in [2.75, 3.05) is 0 Å². The molecule has 0 fully saturated rings. The van der Waals surface area contributed by atoms with Crippen LogP contribution in [-0.4, -0.2) is 4.98 Å². The summed E-state index contributed by atoms with van der Waals surface area (Å²) in [6, 6.07) is 3.43. The first-order chi connectivity index (χ1) is 8.23. The van der Waals surface area contributed by atoms with Gasteiger partial charge in [0.25, 0.3) is 0 Å². The van der Waals surface area contributed by atoms with Crippen molar-refractivity contribution in [2.45, 2.75) is 13.1 Å². The molecule has 7 heteroatoms. The van der Waals surface area contributed by atoms with Gasteiger partial charge in [-0.3, -0.25) is 0 Å². The molecule has 0 unspecified atom stereocenters. The van der Waals surface area contributed by atoms with E-state index < -0.39 is 11.9 Å². The molecule has 1 aromatic carbocycles. The Balaban J connectivity index is 2.97. The van der Waals surface area contributed by atoms with Crippen molar-refractivity contribution in [3.63, 3.8) is 0 Å². The fourth-order valence-corrected chi connectivity index (χ4v) is 3.19. The predicted octanol–water partition coefficient (Wildman–Crippen LogP) is 5.58. The maximum absolute atomic E-state index is 12.9. The summed E-state index contributed by atoms with van der Waals surface area (Å²) >= 11 is 11.3. The molecule has 2 aromatic rings. The van der Waals surface area contributed by atoms with Gasteiger partial charge in [-0.25, -0.2) is 4.98 Å². The monoisotopic (exact) mass is 449 g/mol. The lowest BCUT2D eigenvalue weighted by molar-refractivity contribution is -0.141. The summed E-state index contributed by atoms with van der Waals surface area (Å²) in [7, 11) is 0.